The Bertz CT molecular complexity index is 695. The topological polar surface area (TPSA) is 56.1 Å². The van der Waals surface area contributed by atoms with Gasteiger partial charge in [0.15, 0.2) is 0 Å². The van der Waals surface area contributed by atoms with Gasteiger partial charge in [-0.1, -0.05) is 51.1 Å². The van der Waals surface area contributed by atoms with E-state index < -0.39 is 0 Å². The summed E-state index contributed by atoms with van der Waals surface area (Å²) in [6.45, 7) is 7.64. The highest BCUT2D eigenvalue weighted by Crippen LogP contribution is 2.25. The largest absolute Gasteiger partial charge is 0.368 e. The van der Waals surface area contributed by atoms with E-state index in [0.717, 1.165) is 29.9 Å². The van der Waals surface area contributed by atoms with Crippen LogP contribution in [-0.4, -0.2) is 28.4 Å². The summed E-state index contributed by atoms with van der Waals surface area (Å²) < 4.78 is 7.34. The third kappa shape index (κ3) is 3.85. The molecule has 2 heterocycles. The Hall–Kier alpha value is -2.14. The van der Waals surface area contributed by atoms with Crippen molar-refractivity contribution in [1.82, 2.24) is 9.78 Å². The van der Waals surface area contributed by atoms with E-state index in [9.17, 15) is 4.79 Å². The van der Waals surface area contributed by atoms with Crippen molar-refractivity contribution in [3.05, 3.63) is 47.7 Å². The lowest BCUT2D eigenvalue weighted by molar-refractivity contribution is -0.124. The minimum Gasteiger partial charge on any atom is -0.368 e. The molecule has 0 unspecified atom stereocenters. The van der Waals surface area contributed by atoms with Crippen molar-refractivity contribution in [2.45, 2.75) is 51.7 Å². The molecule has 1 aliphatic rings. The number of nitrogens with zero attached hydrogens (tertiary/aromatic N) is 2. The van der Waals surface area contributed by atoms with Crippen molar-refractivity contribution < 1.29 is 9.53 Å². The summed E-state index contributed by atoms with van der Waals surface area (Å²) in [6.07, 6.45) is 1.38. The van der Waals surface area contributed by atoms with Crippen molar-refractivity contribution in [2.75, 3.05) is 11.9 Å². The molecule has 0 radical (unpaired) electrons. The first-order valence-corrected chi connectivity index (χ1v) is 8.48. The second-order valence-electron chi connectivity index (χ2n) is 7.30. The number of aromatic nitrogens is 2. The molecular formula is C19H25N3O2. The van der Waals surface area contributed by atoms with Gasteiger partial charge in [0.1, 0.15) is 11.9 Å². The molecule has 1 amide bonds. The van der Waals surface area contributed by atoms with E-state index in [-0.39, 0.29) is 17.4 Å². The molecule has 2 aromatic rings. The number of rotatable bonds is 4. The first-order chi connectivity index (χ1) is 11.4. The zero-order chi connectivity index (χ0) is 17.2. The molecule has 0 saturated carbocycles. The highest BCUT2D eigenvalue weighted by molar-refractivity contribution is 5.93. The van der Waals surface area contributed by atoms with Gasteiger partial charge in [-0.15, -0.1) is 0 Å². The molecular weight excluding hydrogens is 302 g/mol. The fourth-order valence-electron chi connectivity index (χ4n) is 2.75. The Morgan fingerprint density at radius 1 is 1.33 bits per heavy atom. The minimum absolute atomic E-state index is 0.0781. The van der Waals surface area contributed by atoms with Crippen LogP contribution < -0.4 is 5.32 Å². The van der Waals surface area contributed by atoms with E-state index in [1.807, 2.05) is 28.9 Å². The van der Waals surface area contributed by atoms with Crippen LogP contribution in [0.1, 0.15) is 44.9 Å². The van der Waals surface area contributed by atoms with E-state index in [1.165, 1.54) is 0 Å². The average molecular weight is 327 g/mol. The maximum atomic E-state index is 12.4. The Morgan fingerprint density at radius 3 is 2.71 bits per heavy atom. The van der Waals surface area contributed by atoms with Gasteiger partial charge >= 0.3 is 0 Å². The molecule has 1 aromatic carbocycles. The molecule has 1 aromatic heterocycles. The third-order valence-corrected chi connectivity index (χ3v) is 4.20. The molecule has 1 N–H and O–H groups in total. The number of hydrogen-bond acceptors (Lipinski definition) is 3. The molecule has 24 heavy (non-hydrogen) atoms. The van der Waals surface area contributed by atoms with Gasteiger partial charge in [0.05, 0.1) is 12.2 Å². The molecule has 1 saturated heterocycles. The van der Waals surface area contributed by atoms with Crippen LogP contribution >= 0.6 is 0 Å². The zero-order valence-corrected chi connectivity index (χ0v) is 14.6. The third-order valence-electron chi connectivity index (χ3n) is 4.20. The fourth-order valence-corrected chi connectivity index (χ4v) is 2.75. The minimum atomic E-state index is -0.344. The van der Waals surface area contributed by atoms with E-state index in [2.05, 4.69) is 38.2 Å². The normalized spacial score (nSPS) is 17.9. The maximum Gasteiger partial charge on any atom is 0.254 e. The number of anilines is 1. The van der Waals surface area contributed by atoms with Gasteiger partial charge in [-0.3, -0.25) is 4.79 Å². The van der Waals surface area contributed by atoms with Crippen molar-refractivity contribution in [3.63, 3.8) is 0 Å². The molecule has 3 rings (SSSR count). The molecule has 5 heteroatoms. The second-order valence-corrected chi connectivity index (χ2v) is 7.30. The molecule has 1 aliphatic heterocycles. The SMILES string of the molecule is CC(C)(C)c1cc(NC(=O)[C@H]2CCCO2)n(Cc2ccccc2)n1. The van der Waals surface area contributed by atoms with Gasteiger partial charge in [-0.25, -0.2) is 4.68 Å². The molecule has 1 atom stereocenters. The van der Waals surface area contributed by atoms with Gasteiger partial charge in [0.25, 0.3) is 5.91 Å². The van der Waals surface area contributed by atoms with Crippen LogP contribution in [0.15, 0.2) is 36.4 Å². The predicted octanol–water partition coefficient (Wildman–Crippen LogP) is 3.35. The Morgan fingerprint density at radius 2 is 2.08 bits per heavy atom. The maximum absolute atomic E-state index is 12.4. The van der Waals surface area contributed by atoms with Gasteiger partial charge in [0, 0.05) is 18.1 Å². The molecule has 0 aliphatic carbocycles. The standard InChI is InChI=1S/C19H25N3O2/c1-19(2,3)16-12-17(20-18(23)15-10-7-11-24-15)22(21-16)13-14-8-5-4-6-9-14/h4-6,8-9,12,15H,7,10-11,13H2,1-3H3,(H,20,23)/t15-/m1/s1. The quantitative estimate of drug-likeness (QED) is 0.937. The van der Waals surface area contributed by atoms with Gasteiger partial charge in [-0.05, 0) is 18.4 Å². The average Bonchev–Trinajstić information content (AvgIpc) is 3.18. The second kappa shape index (κ2) is 6.77. The fraction of sp³-hybridized carbons (Fsp3) is 0.474. The lowest BCUT2D eigenvalue weighted by Gasteiger charge is -2.14. The van der Waals surface area contributed by atoms with Crippen LogP contribution in [0.25, 0.3) is 0 Å². The van der Waals surface area contributed by atoms with Gasteiger partial charge in [0.2, 0.25) is 0 Å². The Labute approximate surface area is 143 Å². The first kappa shape index (κ1) is 16.7. The lowest BCUT2D eigenvalue weighted by Crippen LogP contribution is -2.28. The molecule has 128 valence electrons. The molecule has 0 spiro atoms. The van der Waals surface area contributed by atoms with E-state index >= 15 is 0 Å². The van der Waals surface area contributed by atoms with Crippen LogP contribution in [0.3, 0.4) is 0 Å². The van der Waals surface area contributed by atoms with Crippen LogP contribution in [0.4, 0.5) is 5.82 Å². The highest BCUT2D eigenvalue weighted by atomic mass is 16.5. The van der Waals surface area contributed by atoms with Crippen molar-refractivity contribution in [2.24, 2.45) is 0 Å². The number of carbonyl (C=O) groups excluding carboxylic acids is 1. The number of ether oxygens (including phenoxy) is 1. The Balaban J connectivity index is 1.85. The van der Waals surface area contributed by atoms with Gasteiger partial charge < -0.3 is 10.1 Å². The van der Waals surface area contributed by atoms with Gasteiger partial charge in [-0.2, -0.15) is 5.10 Å². The zero-order valence-electron chi connectivity index (χ0n) is 14.6. The van der Waals surface area contributed by atoms with Crippen LogP contribution in [-0.2, 0) is 21.5 Å². The van der Waals surface area contributed by atoms with E-state index in [4.69, 9.17) is 9.84 Å². The summed E-state index contributed by atoms with van der Waals surface area (Å²) in [6, 6.07) is 12.1. The molecule has 1 fully saturated rings. The van der Waals surface area contributed by atoms with Crippen LogP contribution in [0, 0.1) is 0 Å². The molecule has 5 nitrogen and oxygen atoms in total. The van der Waals surface area contributed by atoms with E-state index in [0.29, 0.717) is 13.2 Å². The number of carbonyl (C=O) groups is 1. The summed E-state index contributed by atoms with van der Waals surface area (Å²) in [4.78, 5) is 12.4. The first-order valence-electron chi connectivity index (χ1n) is 8.48. The van der Waals surface area contributed by atoms with Crippen molar-refractivity contribution in [3.8, 4) is 0 Å². The summed E-state index contributed by atoms with van der Waals surface area (Å²) >= 11 is 0. The summed E-state index contributed by atoms with van der Waals surface area (Å²) in [5.74, 6) is 0.645. The smallest absolute Gasteiger partial charge is 0.254 e. The lowest BCUT2D eigenvalue weighted by atomic mass is 9.92. The number of amides is 1. The number of benzene rings is 1. The summed E-state index contributed by atoms with van der Waals surface area (Å²) in [7, 11) is 0. The monoisotopic (exact) mass is 327 g/mol. The Kier molecular flexibility index (Phi) is 4.71. The van der Waals surface area contributed by atoms with Crippen molar-refractivity contribution >= 4 is 11.7 Å². The van der Waals surface area contributed by atoms with Crippen molar-refractivity contribution in [1.29, 1.82) is 0 Å². The predicted molar refractivity (Wildman–Crippen MR) is 94.1 cm³/mol. The van der Waals surface area contributed by atoms with Crippen LogP contribution in [0.2, 0.25) is 0 Å². The number of nitrogens with one attached hydrogen (secondary N) is 1. The van der Waals surface area contributed by atoms with E-state index in [1.54, 1.807) is 0 Å². The molecule has 0 bridgehead atoms. The highest BCUT2D eigenvalue weighted by Gasteiger charge is 2.26. The number of hydrogen-bond donors (Lipinski definition) is 1. The summed E-state index contributed by atoms with van der Waals surface area (Å²) in [5.41, 5.74) is 2.03. The summed E-state index contributed by atoms with van der Waals surface area (Å²) in [5, 5.41) is 7.72. The van der Waals surface area contributed by atoms with Crippen LogP contribution in [0.5, 0.6) is 0 Å².